The maximum atomic E-state index is 13.0. The van der Waals surface area contributed by atoms with E-state index in [1.165, 1.54) is 12.5 Å². The first kappa shape index (κ1) is 29.6. The number of aliphatic carboxylic acids is 1. The summed E-state index contributed by atoms with van der Waals surface area (Å²) in [5, 5.41) is 16.9. The highest BCUT2D eigenvalue weighted by Gasteiger charge is 2.34. The van der Waals surface area contributed by atoms with Crippen molar-refractivity contribution in [2.75, 3.05) is 0 Å². The number of nitrogens with zero attached hydrogens (tertiary/aromatic N) is 1. The summed E-state index contributed by atoms with van der Waals surface area (Å²) in [6.07, 6.45) is 3.53. The third kappa shape index (κ3) is 9.35. The van der Waals surface area contributed by atoms with Crippen LogP contribution in [0.25, 0.3) is 0 Å². The summed E-state index contributed by atoms with van der Waals surface area (Å²) in [5.41, 5.74) is 11.8. The quantitative estimate of drug-likeness (QED) is 0.156. The van der Waals surface area contributed by atoms with Crippen LogP contribution in [-0.2, 0) is 30.4 Å². The van der Waals surface area contributed by atoms with Crippen LogP contribution in [-0.4, -0.2) is 68.8 Å². The summed E-state index contributed by atoms with van der Waals surface area (Å²) in [6.45, 7) is 7.01. The van der Waals surface area contributed by atoms with E-state index < -0.39 is 60.2 Å². The summed E-state index contributed by atoms with van der Waals surface area (Å²) >= 11 is 0. The standard InChI is InChI=1S/C22H37N7O6/c1-5-11(3)17(21(33)29-18(22(34)35)12(4)6-2)28-20(32)15(8-16(24)30)27-19(31)14(23)7-13-9-25-10-26-13/h9-12,14-15,17-18H,5-8,23H2,1-4H3,(H2,24,30)(H,25,26)(H,27,31)(H,28,32)(H,29,33)(H,34,35). The Morgan fingerprint density at radius 2 is 1.54 bits per heavy atom. The molecule has 1 rings (SSSR count). The van der Waals surface area contributed by atoms with Crippen molar-refractivity contribution in [3.05, 3.63) is 18.2 Å². The number of hydrogen-bond acceptors (Lipinski definition) is 7. The van der Waals surface area contributed by atoms with E-state index in [1.807, 2.05) is 0 Å². The monoisotopic (exact) mass is 495 g/mol. The van der Waals surface area contributed by atoms with Gasteiger partial charge in [-0.2, -0.15) is 0 Å². The normalized spacial score (nSPS) is 16.1. The predicted octanol–water partition coefficient (Wildman–Crippen LogP) is -1.21. The first-order valence-corrected chi connectivity index (χ1v) is 11.6. The number of nitrogens with two attached hydrogens (primary N) is 2. The van der Waals surface area contributed by atoms with Gasteiger partial charge in [0.05, 0.1) is 18.8 Å². The number of aromatic nitrogens is 2. The van der Waals surface area contributed by atoms with Crippen LogP contribution in [0, 0.1) is 11.8 Å². The maximum absolute atomic E-state index is 13.0. The number of primary amides is 1. The minimum Gasteiger partial charge on any atom is -0.480 e. The van der Waals surface area contributed by atoms with Gasteiger partial charge in [0.2, 0.25) is 23.6 Å². The molecule has 1 aromatic rings. The molecule has 4 amide bonds. The van der Waals surface area contributed by atoms with Crippen molar-refractivity contribution in [1.29, 1.82) is 0 Å². The van der Waals surface area contributed by atoms with E-state index in [2.05, 4.69) is 25.9 Å². The highest BCUT2D eigenvalue weighted by Crippen LogP contribution is 2.13. The lowest BCUT2D eigenvalue weighted by atomic mass is 9.95. The zero-order valence-electron chi connectivity index (χ0n) is 20.5. The zero-order chi connectivity index (χ0) is 26.7. The second-order valence-electron chi connectivity index (χ2n) is 8.70. The third-order valence-electron chi connectivity index (χ3n) is 5.94. The fourth-order valence-electron chi connectivity index (χ4n) is 3.30. The van der Waals surface area contributed by atoms with E-state index in [4.69, 9.17) is 11.5 Å². The van der Waals surface area contributed by atoms with Gasteiger partial charge in [-0.3, -0.25) is 19.2 Å². The average molecular weight is 496 g/mol. The van der Waals surface area contributed by atoms with Crippen LogP contribution in [0.15, 0.2) is 12.5 Å². The van der Waals surface area contributed by atoms with Gasteiger partial charge >= 0.3 is 5.97 Å². The molecule has 0 bridgehead atoms. The Kier molecular flexibility index (Phi) is 11.9. The summed E-state index contributed by atoms with van der Waals surface area (Å²) in [7, 11) is 0. The first-order valence-electron chi connectivity index (χ1n) is 11.6. The molecule has 0 aliphatic carbocycles. The van der Waals surface area contributed by atoms with Gasteiger partial charge in [-0.1, -0.05) is 40.5 Å². The third-order valence-corrected chi connectivity index (χ3v) is 5.94. The lowest BCUT2D eigenvalue weighted by molar-refractivity contribution is -0.144. The van der Waals surface area contributed by atoms with Crippen LogP contribution >= 0.6 is 0 Å². The van der Waals surface area contributed by atoms with Crippen molar-refractivity contribution in [3.8, 4) is 0 Å². The first-order chi connectivity index (χ1) is 16.4. The molecule has 35 heavy (non-hydrogen) atoms. The molecular weight excluding hydrogens is 458 g/mol. The Balaban J connectivity index is 3.00. The molecule has 0 spiro atoms. The summed E-state index contributed by atoms with van der Waals surface area (Å²) in [4.78, 5) is 68.4. The van der Waals surface area contributed by atoms with E-state index >= 15 is 0 Å². The molecule has 0 saturated carbocycles. The Morgan fingerprint density at radius 1 is 0.971 bits per heavy atom. The number of amides is 4. The number of nitrogens with one attached hydrogen (secondary N) is 4. The van der Waals surface area contributed by atoms with Gasteiger partial charge in [-0.05, 0) is 11.8 Å². The molecule has 0 radical (unpaired) electrons. The van der Waals surface area contributed by atoms with Gasteiger partial charge in [0, 0.05) is 18.3 Å². The molecule has 0 aromatic carbocycles. The maximum Gasteiger partial charge on any atom is 0.326 e. The molecule has 0 aliphatic rings. The topological polar surface area (TPSA) is 222 Å². The van der Waals surface area contributed by atoms with Crippen LogP contribution in [0.3, 0.4) is 0 Å². The molecule has 0 fully saturated rings. The predicted molar refractivity (Wildman–Crippen MR) is 126 cm³/mol. The zero-order valence-corrected chi connectivity index (χ0v) is 20.5. The van der Waals surface area contributed by atoms with E-state index in [9.17, 15) is 29.1 Å². The largest absolute Gasteiger partial charge is 0.480 e. The number of rotatable bonds is 15. The van der Waals surface area contributed by atoms with Gasteiger partial charge in [0.15, 0.2) is 0 Å². The second-order valence-corrected chi connectivity index (χ2v) is 8.70. The van der Waals surface area contributed by atoms with Crippen molar-refractivity contribution in [2.24, 2.45) is 23.3 Å². The van der Waals surface area contributed by atoms with Crippen molar-refractivity contribution in [2.45, 2.75) is 77.5 Å². The number of H-pyrrole nitrogens is 1. The highest BCUT2D eigenvalue weighted by atomic mass is 16.4. The van der Waals surface area contributed by atoms with Gasteiger partial charge in [-0.15, -0.1) is 0 Å². The molecule has 13 nitrogen and oxygen atoms in total. The van der Waals surface area contributed by atoms with Crippen LogP contribution in [0.2, 0.25) is 0 Å². The molecule has 1 aromatic heterocycles. The van der Waals surface area contributed by atoms with Crippen LogP contribution in [0.1, 0.15) is 52.7 Å². The summed E-state index contributed by atoms with van der Waals surface area (Å²) < 4.78 is 0. The van der Waals surface area contributed by atoms with Crippen LogP contribution in [0.4, 0.5) is 0 Å². The lowest BCUT2D eigenvalue weighted by Crippen LogP contribution is -2.59. The Bertz CT molecular complexity index is 876. The minimum atomic E-state index is -1.38. The van der Waals surface area contributed by atoms with Gasteiger partial charge in [-0.25, -0.2) is 9.78 Å². The van der Waals surface area contributed by atoms with E-state index in [1.54, 1.807) is 27.7 Å². The molecule has 1 heterocycles. The number of carbonyl (C=O) groups excluding carboxylic acids is 4. The Morgan fingerprint density at radius 3 is 2.03 bits per heavy atom. The molecular formula is C22H37N7O6. The van der Waals surface area contributed by atoms with Gasteiger partial charge < -0.3 is 37.5 Å². The average Bonchev–Trinajstić information content (AvgIpc) is 3.31. The number of aromatic amines is 1. The molecule has 196 valence electrons. The van der Waals surface area contributed by atoms with Crippen molar-refractivity contribution in [1.82, 2.24) is 25.9 Å². The summed E-state index contributed by atoms with van der Waals surface area (Å²) in [6, 6.07) is -4.67. The summed E-state index contributed by atoms with van der Waals surface area (Å²) in [5.74, 6) is -4.96. The smallest absolute Gasteiger partial charge is 0.326 e. The second kappa shape index (κ2) is 14.0. The van der Waals surface area contributed by atoms with Gasteiger partial charge in [0.25, 0.3) is 0 Å². The van der Waals surface area contributed by atoms with Crippen molar-refractivity contribution < 1.29 is 29.1 Å². The number of imidazole rings is 1. The number of carboxylic acid groups (broad SMARTS) is 1. The lowest BCUT2D eigenvalue weighted by Gasteiger charge is -2.29. The number of carbonyl (C=O) groups is 5. The van der Waals surface area contributed by atoms with E-state index in [0.717, 1.165) is 0 Å². The fourth-order valence-corrected chi connectivity index (χ4v) is 3.30. The van der Waals surface area contributed by atoms with Gasteiger partial charge in [0.1, 0.15) is 18.1 Å². The van der Waals surface area contributed by atoms with Crippen molar-refractivity contribution in [3.63, 3.8) is 0 Å². The Labute approximate surface area is 204 Å². The minimum absolute atomic E-state index is 0.112. The van der Waals surface area contributed by atoms with E-state index in [0.29, 0.717) is 18.5 Å². The molecule has 0 saturated heterocycles. The van der Waals surface area contributed by atoms with Crippen LogP contribution in [0.5, 0.6) is 0 Å². The van der Waals surface area contributed by atoms with Crippen molar-refractivity contribution >= 4 is 29.6 Å². The fraction of sp³-hybridized carbons (Fsp3) is 0.636. The van der Waals surface area contributed by atoms with Crippen LogP contribution < -0.4 is 27.4 Å². The van der Waals surface area contributed by atoms with E-state index in [-0.39, 0.29) is 18.3 Å². The Hall–Kier alpha value is -3.48. The highest BCUT2D eigenvalue weighted by molar-refractivity contribution is 5.96. The molecule has 6 atom stereocenters. The number of hydrogen-bond donors (Lipinski definition) is 7. The molecule has 6 unspecified atom stereocenters. The number of carboxylic acids is 1. The molecule has 9 N–H and O–H groups in total. The molecule has 0 aliphatic heterocycles. The molecule has 13 heteroatoms. The SMILES string of the molecule is CCC(C)C(NC(=O)C(NC(=O)C(CC(N)=O)NC(=O)C(N)Cc1cnc[nH]1)C(C)CC)C(=O)O.